The lowest BCUT2D eigenvalue weighted by atomic mass is 9.87. The van der Waals surface area contributed by atoms with Crippen molar-refractivity contribution in [3.05, 3.63) is 52.5 Å². The van der Waals surface area contributed by atoms with Gasteiger partial charge in [-0.15, -0.1) is 0 Å². The van der Waals surface area contributed by atoms with Crippen molar-refractivity contribution < 1.29 is 14.3 Å². The third kappa shape index (κ3) is 6.49. The van der Waals surface area contributed by atoms with Gasteiger partial charge in [0.1, 0.15) is 5.75 Å². The second kappa shape index (κ2) is 9.78. The molecule has 156 valence electrons. The number of urea groups is 1. The van der Waals surface area contributed by atoms with Crippen LogP contribution in [-0.4, -0.2) is 25.1 Å². The molecule has 6 nitrogen and oxygen atoms in total. The molecule has 0 bridgehead atoms. The molecular formula is C22H28BrN3O3. The Labute approximate surface area is 180 Å². The first-order valence-corrected chi connectivity index (χ1v) is 10.3. The monoisotopic (exact) mass is 461 g/mol. The lowest BCUT2D eigenvalue weighted by Crippen LogP contribution is -2.43. The summed E-state index contributed by atoms with van der Waals surface area (Å²) in [7, 11) is 0. The van der Waals surface area contributed by atoms with E-state index in [-0.39, 0.29) is 11.3 Å². The molecule has 2 aromatic rings. The van der Waals surface area contributed by atoms with E-state index in [1.165, 1.54) is 12.5 Å². The van der Waals surface area contributed by atoms with E-state index in [2.05, 4.69) is 54.2 Å². The van der Waals surface area contributed by atoms with Gasteiger partial charge in [-0.2, -0.15) is 0 Å². The number of nitrogens with zero attached hydrogens (tertiary/aromatic N) is 1. The minimum Gasteiger partial charge on any atom is -0.492 e. The van der Waals surface area contributed by atoms with Crippen molar-refractivity contribution in [3.63, 3.8) is 0 Å². The van der Waals surface area contributed by atoms with Crippen molar-refractivity contribution in [2.24, 2.45) is 0 Å². The summed E-state index contributed by atoms with van der Waals surface area (Å²) in [5.41, 5.74) is 7.95. The average Bonchev–Trinajstić information content (AvgIpc) is 2.61. The fraction of sp³-hybridized carbons (Fsp3) is 0.364. The maximum absolute atomic E-state index is 12.4. The molecule has 0 heterocycles. The lowest BCUT2D eigenvalue weighted by Gasteiger charge is -2.21. The fourth-order valence-corrected chi connectivity index (χ4v) is 3.21. The first kappa shape index (κ1) is 22.7. The predicted molar refractivity (Wildman–Crippen MR) is 120 cm³/mol. The number of halogens is 1. The molecule has 0 unspecified atom stereocenters. The molecular weight excluding hydrogens is 434 g/mol. The van der Waals surface area contributed by atoms with Gasteiger partial charge in [-0.3, -0.25) is 4.79 Å². The molecule has 0 aliphatic rings. The Balaban J connectivity index is 1.85. The maximum Gasteiger partial charge on any atom is 0.328 e. The molecule has 0 saturated carbocycles. The van der Waals surface area contributed by atoms with Gasteiger partial charge in [0.2, 0.25) is 5.91 Å². The summed E-state index contributed by atoms with van der Waals surface area (Å²) in [5, 5.41) is 2.75. The molecule has 3 N–H and O–H groups in total. The zero-order valence-corrected chi connectivity index (χ0v) is 18.9. The van der Waals surface area contributed by atoms with E-state index in [9.17, 15) is 9.59 Å². The Bertz CT molecular complexity index is 878. The van der Waals surface area contributed by atoms with Crippen molar-refractivity contribution in [2.45, 2.75) is 39.5 Å². The molecule has 2 rings (SSSR count). The van der Waals surface area contributed by atoms with Crippen LogP contribution < -0.4 is 20.7 Å². The molecule has 7 heteroatoms. The standard InChI is InChI=1S/C22H28BrN3O3/c1-15(27)26(18-8-5-7-17(24)14-18)21(28)25-11-6-12-29-20-10-9-16(13-19(20)23)22(2,3)4/h5,7-10,13-14H,6,11-12,24H2,1-4H3,(H,25,28). The van der Waals surface area contributed by atoms with Crippen LogP contribution in [0.3, 0.4) is 0 Å². The molecule has 0 radical (unpaired) electrons. The zero-order chi connectivity index (χ0) is 21.6. The number of nitrogens with one attached hydrogen (secondary N) is 1. The van der Waals surface area contributed by atoms with Gasteiger partial charge < -0.3 is 15.8 Å². The highest BCUT2D eigenvalue weighted by molar-refractivity contribution is 9.10. The highest BCUT2D eigenvalue weighted by Crippen LogP contribution is 2.31. The number of hydrogen-bond acceptors (Lipinski definition) is 4. The summed E-state index contributed by atoms with van der Waals surface area (Å²) in [6.45, 7) is 8.63. The quantitative estimate of drug-likeness (QED) is 0.474. The number of carbonyl (C=O) groups is 2. The summed E-state index contributed by atoms with van der Waals surface area (Å²) in [6, 6.07) is 12.2. The van der Waals surface area contributed by atoms with Gasteiger partial charge in [-0.25, -0.2) is 9.69 Å². The highest BCUT2D eigenvalue weighted by Gasteiger charge is 2.20. The summed E-state index contributed by atoms with van der Waals surface area (Å²) in [6.07, 6.45) is 0.599. The number of benzene rings is 2. The third-order valence-corrected chi connectivity index (χ3v) is 4.92. The third-order valence-electron chi connectivity index (χ3n) is 4.30. The number of nitrogens with two attached hydrogens (primary N) is 1. The Morgan fingerprint density at radius 2 is 1.90 bits per heavy atom. The van der Waals surface area contributed by atoms with Crippen LogP contribution in [0.25, 0.3) is 0 Å². The molecule has 0 saturated heterocycles. The van der Waals surface area contributed by atoms with Crippen molar-refractivity contribution in [1.29, 1.82) is 0 Å². The number of ether oxygens (including phenoxy) is 1. The first-order valence-electron chi connectivity index (χ1n) is 9.46. The van der Waals surface area contributed by atoms with E-state index in [0.717, 1.165) is 15.1 Å². The minimum absolute atomic E-state index is 0.0668. The van der Waals surface area contributed by atoms with E-state index >= 15 is 0 Å². The SMILES string of the molecule is CC(=O)N(C(=O)NCCCOc1ccc(C(C)(C)C)cc1Br)c1cccc(N)c1. The number of hydrogen-bond donors (Lipinski definition) is 2. The van der Waals surface area contributed by atoms with Gasteiger partial charge in [0.25, 0.3) is 0 Å². The van der Waals surface area contributed by atoms with Crippen molar-refractivity contribution >= 4 is 39.2 Å². The molecule has 0 spiro atoms. The van der Waals surface area contributed by atoms with Crippen molar-refractivity contribution in [3.8, 4) is 5.75 Å². The van der Waals surface area contributed by atoms with Crippen LogP contribution in [0.5, 0.6) is 5.75 Å². The van der Waals surface area contributed by atoms with E-state index in [0.29, 0.717) is 30.9 Å². The molecule has 0 aliphatic heterocycles. The molecule has 0 atom stereocenters. The van der Waals surface area contributed by atoms with Gasteiger partial charge in [-0.05, 0) is 63.7 Å². The summed E-state index contributed by atoms with van der Waals surface area (Å²) >= 11 is 3.55. The average molecular weight is 462 g/mol. The smallest absolute Gasteiger partial charge is 0.328 e. The molecule has 0 fully saturated rings. The van der Waals surface area contributed by atoms with E-state index in [1.54, 1.807) is 24.3 Å². The highest BCUT2D eigenvalue weighted by atomic mass is 79.9. The predicted octanol–water partition coefficient (Wildman–Crippen LogP) is 4.86. The van der Waals surface area contributed by atoms with Crippen LogP contribution in [0.2, 0.25) is 0 Å². The Morgan fingerprint density at radius 1 is 1.17 bits per heavy atom. The van der Waals surface area contributed by atoms with E-state index in [4.69, 9.17) is 10.5 Å². The lowest BCUT2D eigenvalue weighted by molar-refractivity contribution is -0.115. The number of rotatable bonds is 6. The molecule has 0 aromatic heterocycles. The number of carbonyl (C=O) groups excluding carboxylic acids is 2. The molecule has 0 aliphatic carbocycles. The summed E-state index contributed by atoms with van der Waals surface area (Å²) in [5.74, 6) is 0.377. The van der Waals surface area contributed by atoms with Gasteiger partial charge in [0.05, 0.1) is 16.8 Å². The van der Waals surface area contributed by atoms with Gasteiger partial charge in [-0.1, -0.05) is 32.9 Å². The van der Waals surface area contributed by atoms with Crippen molar-refractivity contribution in [2.75, 3.05) is 23.8 Å². The second-order valence-corrected chi connectivity index (χ2v) is 8.63. The summed E-state index contributed by atoms with van der Waals surface area (Å²) < 4.78 is 6.70. The van der Waals surface area contributed by atoms with Crippen LogP contribution in [0.1, 0.15) is 39.7 Å². The topological polar surface area (TPSA) is 84.7 Å². The van der Waals surface area contributed by atoms with Gasteiger partial charge in [0.15, 0.2) is 0 Å². The number of nitrogen functional groups attached to an aromatic ring is 1. The number of anilines is 2. The normalized spacial score (nSPS) is 11.1. The second-order valence-electron chi connectivity index (χ2n) is 7.78. The Morgan fingerprint density at radius 3 is 2.48 bits per heavy atom. The van der Waals surface area contributed by atoms with Crippen molar-refractivity contribution in [1.82, 2.24) is 5.32 Å². The van der Waals surface area contributed by atoms with Crippen LogP contribution in [0.4, 0.5) is 16.2 Å². The minimum atomic E-state index is -0.487. The number of imide groups is 1. The molecule has 2 aromatic carbocycles. The number of amides is 3. The van der Waals surface area contributed by atoms with Crippen LogP contribution >= 0.6 is 15.9 Å². The van der Waals surface area contributed by atoms with E-state index in [1.807, 2.05) is 6.07 Å². The van der Waals surface area contributed by atoms with Gasteiger partial charge in [0, 0.05) is 19.2 Å². The van der Waals surface area contributed by atoms with Crippen LogP contribution in [-0.2, 0) is 10.2 Å². The molecule has 29 heavy (non-hydrogen) atoms. The Hall–Kier alpha value is -2.54. The first-order chi connectivity index (χ1) is 13.6. The van der Waals surface area contributed by atoms with Gasteiger partial charge >= 0.3 is 6.03 Å². The maximum atomic E-state index is 12.4. The zero-order valence-electron chi connectivity index (χ0n) is 17.3. The Kier molecular flexibility index (Phi) is 7.67. The summed E-state index contributed by atoms with van der Waals surface area (Å²) in [4.78, 5) is 25.4. The van der Waals surface area contributed by atoms with E-state index < -0.39 is 6.03 Å². The molecule has 3 amide bonds. The van der Waals surface area contributed by atoms with Crippen LogP contribution in [0, 0.1) is 0 Å². The fourth-order valence-electron chi connectivity index (χ4n) is 2.72. The largest absolute Gasteiger partial charge is 0.492 e. The van der Waals surface area contributed by atoms with Crippen LogP contribution in [0.15, 0.2) is 46.9 Å².